The fraction of sp³-hybridized carbons (Fsp3) is 0.500. The molecule has 8 rings (SSSR count). The molecule has 10 unspecified atom stereocenters. The fourth-order valence-corrected chi connectivity index (χ4v) is 13.4. The van der Waals surface area contributed by atoms with Gasteiger partial charge in [-0.1, -0.05) is 77.9 Å². The van der Waals surface area contributed by atoms with Crippen molar-refractivity contribution in [3.8, 4) is 12.1 Å². The number of carbonyl (C=O) groups is 2. The molecule has 10 atom stereocenters. The Morgan fingerprint density at radius 2 is 1.07 bits per heavy atom. The second-order valence-corrected chi connectivity index (χ2v) is 35.1. The van der Waals surface area contributed by atoms with Crippen LogP contribution in [-0.4, -0.2) is 141 Å². The first-order valence-electron chi connectivity index (χ1n) is 26.5. The largest absolute Gasteiger partial charge is 0.475 e. The van der Waals surface area contributed by atoms with E-state index in [2.05, 4.69) is 40.5 Å². The second-order valence-electron chi connectivity index (χ2n) is 22.6. The van der Waals surface area contributed by atoms with Gasteiger partial charge in [0.1, 0.15) is 49.3 Å². The zero-order valence-corrected chi connectivity index (χ0v) is 51.3. The highest BCUT2D eigenvalue weighted by Gasteiger charge is 2.57. The van der Waals surface area contributed by atoms with E-state index >= 15 is 4.57 Å². The van der Waals surface area contributed by atoms with E-state index in [9.17, 15) is 34.7 Å². The van der Waals surface area contributed by atoms with Crippen molar-refractivity contribution in [3.05, 3.63) is 97.1 Å². The van der Waals surface area contributed by atoms with Crippen molar-refractivity contribution in [2.45, 2.75) is 140 Å². The number of nitrogens with one attached hydrogen (secondary N) is 2. The number of phosphoric acid groups is 2. The summed E-state index contributed by atoms with van der Waals surface area (Å²) in [6.07, 6.45) is -6.36. The highest BCUT2D eigenvalue weighted by atomic mass is 31.2. The first kappa shape index (κ1) is 62.9. The number of nitrogens with zero attached hydrogens (tertiary/aromatic N) is 10. The molecule has 2 aliphatic rings. The SMILES string of the molecule is CC(C)(C)[Si](C)(C)OC1C(OP(=O)(O)OCCC#N)C(COP(=O)(OCCC#N)OC2C(CO)OC(n3cnc4c(NC(=O)c5ccccc5)ncnc43)C2O[Si](C)(C)C(C)(C)C)OC1n1cnc2c(NC(=O)c3ccccc3)ncnc21. The Labute approximate surface area is 481 Å². The minimum atomic E-state index is -5.11. The number of benzene rings is 2. The zero-order valence-electron chi connectivity index (χ0n) is 47.5. The molecule has 2 aromatic carbocycles. The van der Waals surface area contributed by atoms with E-state index in [1.807, 2.05) is 79.9 Å². The van der Waals surface area contributed by atoms with Crippen LogP contribution in [0.2, 0.25) is 36.3 Å². The Hall–Kier alpha value is -6.09. The Morgan fingerprint density at radius 1 is 0.639 bits per heavy atom. The van der Waals surface area contributed by atoms with Gasteiger partial charge in [-0.15, -0.1) is 0 Å². The summed E-state index contributed by atoms with van der Waals surface area (Å²) in [6, 6.07) is 20.7. The molecular formula is C52H68N12O15P2Si2. The maximum Gasteiger partial charge on any atom is 0.475 e. The summed E-state index contributed by atoms with van der Waals surface area (Å²) in [4.78, 5) is 64.7. The summed E-state index contributed by atoms with van der Waals surface area (Å²) in [6.45, 7) is 17.2. The van der Waals surface area contributed by atoms with Gasteiger partial charge in [0, 0.05) is 11.1 Å². The monoisotopic (exact) mass is 1220 g/mol. The molecule has 2 aliphatic heterocycles. The average Bonchev–Trinajstić information content (AvgIpc) is 3.25. The quantitative estimate of drug-likeness (QED) is 0.0250. The van der Waals surface area contributed by atoms with E-state index in [-0.39, 0.29) is 46.8 Å². The number of amides is 2. The van der Waals surface area contributed by atoms with Crippen LogP contribution in [0.25, 0.3) is 22.3 Å². The van der Waals surface area contributed by atoms with Crippen LogP contribution in [-0.2, 0) is 50.1 Å². The number of imidazole rings is 2. The maximum atomic E-state index is 15.6. The van der Waals surface area contributed by atoms with Gasteiger partial charge in [0.2, 0.25) is 0 Å². The molecule has 4 aromatic heterocycles. The zero-order chi connectivity index (χ0) is 60.1. The van der Waals surface area contributed by atoms with E-state index in [0.29, 0.717) is 11.1 Å². The summed E-state index contributed by atoms with van der Waals surface area (Å²) in [5.41, 5.74) is 1.36. The Bertz CT molecular complexity index is 3450. The first-order chi connectivity index (χ1) is 39.2. The predicted molar refractivity (Wildman–Crippen MR) is 304 cm³/mol. The molecular weight excluding hydrogens is 1150 g/mol. The molecule has 6 aromatic rings. The van der Waals surface area contributed by atoms with Gasteiger partial charge in [0.15, 0.2) is 63.1 Å². The number of phosphoric ester groups is 2. The topological polar surface area (TPSA) is 351 Å². The number of rotatable bonds is 24. The third-order valence-electron chi connectivity index (χ3n) is 14.9. The molecule has 27 nitrogen and oxygen atoms in total. The average molecular weight is 1220 g/mol. The summed E-state index contributed by atoms with van der Waals surface area (Å²) in [5.74, 6) is -0.790. The van der Waals surface area contributed by atoms with E-state index in [1.165, 1.54) is 34.4 Å². The van der Waals surface area contributed by atoms with Gasteiger partial charge in [-0.3, -0.25) is 41.3 Å². The Balaban J connectivity index is 1.17. The molecule has 2 amide bonds. The van der Waals surface area contributed by atoms with Gasteiger partial charge in [-0.2, -0.15) is 10.5 Å². The number of anilines is 2. The number of aliphatic hydroxyl groups excluding tert-OH is 1. The number of fused-ring (bicyclic) bond motifs is 2. The maximum absolute atomic E-state index is 15.6. The Kier molecular flexibility index (Phi) is 19.4. The molecule has 2 fully saturated rings. The van der Waals surface area contributed by atoms with Gasteiger partial charge < -0.3 is 39.0 Å². The van der Waals surface area contributed by atoms with Crippen molar-refractivity contribution in [3.63, 3.8) is 0 Å². The van der Waals surface area contributed by atoms with Crippen molar-refractivity contribution < 1.29 is 69.7 Å². The number of aromatic nitrogens is 8. The van der Waals surface area contributed by atoms with Crippen LogP contribution >= 0.6 is 15.6 Å². The number of nitriles is 2. The molecule has 0 spiro atoms. The van der Waals surface area contributed by atoms with Crippen molar-refractivity contribution in [1.82, 2.24) is 39.0 Å². The van der Waals surface area contributed by atoms with E-state index in [0.717, 1.165) is 0 Å². The van der Waals surface area contributed by atoms with Gasteiger partial charge in [0.25, 0.3) is 11.8 Å². The lowest BCUT2D eigenvalue weighted by molar-refractivity contribution is -0.0602. The van der Waals surface area contributed by atoms with Crippen LogP contribution in [0.5, 0.6) is 0 Å². The molecule has 6 heterocycles. The van der Waals surface area contributed by atoms with Crippen LogP contribution in [0.3, 0.4) is 0 Å². The van der Waals surface area contributed by atoms with Crippen LogP contribution in [0.4, 0.5) is 11.6 Å². The second kappa shape index (κ2) is 25.6. The van der Waals surface area contributed by atoms with Crippen LogP contribution in [0.1, 0.15) is 87.6 Å². The molecule has 0 aliphatic carbocycles. The molecule has 0 saturated carbocycles. The first-order valence-corrected chi connectivity index (χ1v) is 35.3. The summed E-state index contributed by atoms with van der Waals surface area (Å²) < 4.78 is 89.8. The van der Waals surface area contributed by atoms with E-state index in [1.54, 1.807) is 60.7 Å². The number of hydrogen-bond donors (Lipinski definition) is 4. The van der Waals surface area contributed by atoms with Crippen molar-refractivity contribution in [2.75, 3.05) is 37.1 Å². The standard InChI is InChI=1S/C52H68N12O15P2Si2/c1-51(2,3)82(7,8)78-41-39(35(27-65)74-49(41)63-31-59-37-43(55-29-57-45(37)63)61-47(66)33-19-13-11-14-20-33)77-81(70,72-26-18-24-54)73-28-36-40(76-80(68,69)71-25-17-23-53)42(79-83(9,10)52(4,5)6)50(75-36)64-32-60-38-44(56-30-58-46(38)64)62-48(67)34-21-15-12-16-22-34/h11-16,19-22,29-32,35-36,39-42,49-50,65H,17-18,25-28H2,1-10H3,(H,68,69)(H,55,57,61,66)(H,56,58,62,67). The Morgan fingerprint density at radius 3 is 1.51 bits per heavy atom. The van der Waals surface area contributed by atoms with E-state index < -0.39 is 130 Å². The molecule has 83 heavy (non-hydrogen) atoms. The van der Waals surface area contributed by atoms with Crippen molar-refractivity contribution >= 4 is 78.1 Å². The number of aliphatic hydroxyl groups is 1. The molecule has 444 valence electrons. The summed E-state index contributed by atoms with van der Waals surface area (Å²) >= 11 is 0. The lowest BCUT2D eigenvalue weighted by atomic mass is 10.1. The highest BCUT2D eigenvalue weighted by molar-refractivity contribution is 7.48. The highest BCUT2D eigenvalue weighted by Crippen LogP contribution is 2.57. The third kappa shape index (κ3) is 14.4. The number of ether oxygens (including phenoxy) is 2. The fourth-order valence-electron chi connectivity index (χ4n) is 8.49. The van der Waals surface area contributed by atoms with Crippen LogP contribution in [0, 0.1) is 22.7 Å². The molecule has 0 bridgehead atoms. The lowest BCUT2D eigenvalue weighted by Gasteiger charge is -2.41. The molecule has 0 radical (unpaired) electrons. The normalized spacial score (nSPS) is 22.9. The van der Waals surface area contributed by atoms with Crippen molar-refractivity contribution in [2.24, 2.45) is 0 Å². The minimum Gasteiger partial charge on any atom is -0.407 e. The minimum absolute atomic E-state index is 0.0511. The smallest absolute Gasteiger partial charge is 0.407 e. The van der Waals surface area contributed by atoms with Crippen LogP contribution < -0.4 is 10.6 Å². The lowest BCUT2D eigenvalue weighted by Crippen LogP contribution is -2.49. The van der Waals surface area contributed by atoms with Gasteiger partial charge in [0.05, 0.1) is 64.1 Å². The van der Waals surface area contributed by atoms with Gasteiger partial charge in [-0.25, -0.2) is 39.0 Å². The molecule has 2 saturated heterocycles. The van der Waals surface area contributed by atoms with Gasteiger partial charge in [-0.05, 0) is 60.5 Å². The van der Waals surface area contributed by atoms with Gasteiger partial charge >= 0.3 is 15.6 Å². The molecule has 4 N–H and O–H groups in total. The summed E-state index contributed by atoms with van der Waals surface area (Å²) in [7, 11) is -16.0. The van der Waals surface area contributed by atoms with Crippen molar-refractivity contribution in [1.29, 1.82) is 10.5 Å². The molecule has 31 heteroatoms. The third-order valence-corrected chi connectivity index (χ3v) is 26.3. The van der Waals surface area contributed by atoms with E-state index in [4.69, 9.17) is 40.9 Å². The predicted octanol–water partition coefficient (Wildman–Crippen LogP) is 8.59. The number of hydrogen-bond acceptors (Lipinski definition) is 22. The summed E-state index contributed by atoms with van der Waals surface area (Å²) in [5, 5.41) is 34.7. The van der Waals surface area contributed by atoms with Crippen LogP contribution in [0.15, 0.2) is 86.0 Å². The number of carbonyl (C=O) groups excluding carboxylic acids is 2.